The first-order valence-electron chi connectivity index (χ1n) is 11.3. The number of carbonyl (C=O) groups is 1. The van der Waals surface area contributed by atoms with E-state index in [4.69, 9.17) is 14.3 Å². The number of piperazine rings is 1. The number of nitrogens with zero attached hydrogens (tertiary/aromatic N) is 6. The number of aromatic nitrogens is 2. The second-order valence-electron chi connectivity index (χ2n) is 8.24. The van der Waals surface area contributed by atoms with Crippen molar-refractivity contribution in [1.82, 2.24) is 23.6 Å². The number of morpholine rings is 1. The predicted octanol–water partition coefficient (Wildman–Crippen LogP) is 1.60. The van der Waals surface area contributed by atoms with E-state index in [0.717, 1.165) is 45.0 Å². The number of likely N-dealkylation sites (N-methyl/N-ethyl adjacent to an activating group) is 1. The van der Waals surface area contributed by atoms with Gasteiger partial charge in [0.05, 0.1) is 51.2 Å². The van der Waals surface area contributed by atoms with Crippen LogP contribution in [-0.2, 0) is 16.0 Å². The molecule has 2 aromatic rings. The summed E-state index contributed by atoms with van der Waals surface area (Å²) in [5, 5.41) is 1.69. The quantitative estimate of drug-likeness (QED) is 0.564. The zero-order valence-corrected chi connectivity index (χ0v) is 20.1. The number of benzene rings is 1. The topological polar surface area (TPSA) is 83.5 Å². The van der Waals surface area contributed by atoms with E-state index in [1.54, 1.807) is 17.1 Å². The van der Waals surface area contributed by atoms with Gasteiger partial charge in [-0.3, -0.25) is 4.90 Å². The molecular formula is C22H32N6O4S. The first-order chi connectivity index (χ1) is 16.1. The average Bonchev–Trinajstić information content (AvgIpc) is 3.34. The van der Waals surface area contributed by atoms with E-state index in [9.17, 15) is 4.79 Å². The maximum atomic E-state index is 12.9. The van der Waals surface area contributed by atoms with E-state index in [-0.39, 0.29) is 12.1 Å². The highest BCUT2D eigenvalue weighted by molar-refractivity contribution is 6.99. The summed E-state index contributed by atoms with van der Waals surface area (Å²) in [5.74, 6) is 1.40. The summed E-state index contributed by atoms with van der Waals surface area (Å²) in [6.45, 7) is 6.53. The molecule has 0 radical (unpaired) electrons. The molecule has 2 saturated heterocycles. The van der Waals surface area contributed by atoms with Crippen molar-refractivity contribution in [3.05, 3.63) is 35.9 Å². The summed E-state index contributed by atoms with van der Waals surface area (Å²) in [7, 11) is 3.45. The Balaban J connectivity index is 1.37. The molecule has 1 unspecified atom stereocenters. The minimum Gasteiger partial charge on any atom is -0.478 e. The van der Waals surface area contributed by atoms with Crippen molar-refractivity contribution in [1.29, 1.82) is 0 Å². The second-order valence-corrected chi connectivity index (χ2v) is 8.77. The molecule has 33 heavy (non-hydrogen) atoms. The first kappa shape index (κ1) is 23.7. The van der Waals surface area contributed by atoms with Crippen molar-refractivity contribution in [2.24, 2.45) is 0 Å². The average molecular weight is 477 g/mol. The Morgan fingerprint density at radius 3 is 2.55 bits per heavy atom. The number of hydrogen-bond acceptors (Lipinski definition) is 10. The fraction of sp³-hybridized carbons (Fsp3) is 0.591. The lowest BCUT2D eigenvalue weighted by Gasteiger charge is -2.38. The molecular weight excluding hydrogens is 444 g/mol. The highest BCUT2D eigenvalue weighted by Gasteiger charge is 2.29. The lowest BCUT2D eigenvalue weighted by molar-refractivity contribution is -0.155. The van der Waals surface area contributed by atoms with E-state index in [1.165, 1.54) is 17.3 Å². The van der Waals surface area contributed by atoms with Gasteiger partial charge in [-0.1, -0.05) is 30.3 Å². The van der Waals surface area contributed by atoms with Gasteiger partial charge in [0, 0.05) is 39.8 Å². The number of amides is 1. The van der Waals surface area contributed by atoms with Gasteiger partial charge in [-0.2, -0.15) is 4.37 Å². The largest absolute Gasteiger partial charge is 0.478 e. The van der Waals surface area contributed by atoms with E-state index in [1.807, 2.05) is 25.2 Å². The third kappa shape index (κ3) is 6.32. The number of hydroxylamine groups is 2. The maximum absolute atomic E-state index is 12.9. The fourth-order valence-electron chi connectivity index (χ4n) is 4.11. The molecule has 180 valence electrons. The number of hydrogen-bond donors (Lipinski definition) is 0. The van der Waals surface area contributed by atoms with E-state index >= 15 is 0 Å². The Kier molecular flexibility index (Phi) is 8.32. The number of methoxy groups -OCH3 is 1. The maximum Gasteiger partial charge on any atom is 0.428 e. The standard InChI is InChI=1S/C22H32N6O4S/c1-25(22(29)32-28-12-14-31-15-13-28)19(16-18-6-4-3-5-7-18)17-26-8-10-27(11-9-26)20-21(30-2)24-33-23-20/h3-7,19H,8-17H2,1-2H3. The molecule has 0 N–H and O–H groups in total. The number of anilines is 1. The Morgan fingerprint density at radius 2 is 1.85 bits per heavy atom. The van der Waals surface area contributed by atoms with Crippen LogP contribution in [0.15, 0.2) is 30.3 Å². The second kappa shape index (κ2) is 11.6. The molecule has 11 heteroatoms. The highest BCUT2D eigenvalue weighted by atomic mass is 32.1. The van der Waals surface area contributed by atoms with Crippen LogP contribution in [0.1, 0.15) is 5.56 Å². The summed E-state index contributed by atoms with van der Waals surface area (Å²) in [6, 6.07) is 10.3. The van der Waals surface area contributed by atoms with Crippen molar-refractivity contribution >= 4 is 23.6 Å². The molecule has 10 nitrogen and oxygen atoms in total. The van der Waals surface area contributed by atoms with E-state index in [2.05, 4.69) is 30.7 Å². The fourth-order valence-corrected chi connectivity index (χ4v) is 4.65. The Labute approximate surface area is 198 Å². The van der Waals surface area contributed by atoms with Gasteiger partial charge in [0.15, 0.2) is 0 Å². The van der Waals surface area contributed by atoms with Gasteiger partial charge >= 0.3 is 6.09 Å². The molecule has 2 aliphatic heterocycles. The van der Waals surface area contributed by atoms with Crippen LogP contribution in [0.25, 0.3) is 0 Å². The lowest BCUT2D eigenvalue weighted by atomic mass is 10.0. The molecule has 1 atom stereocenters. The van der Waals surface area contributed by atoms with Crippen LogP contribution in [0.2, 0.25) is 0 Å². The highest BCUT2D eigenvalue weighted by Crippen LogP contribution is 2.26. The Hall–Kier alpha value is -2.47. The van der Waals surface area contributed by atoms with Crippen molar-refractivity contribution in [3.8, 4) is 5.88 Å². The van der Waals surface area contributed by atoms with Crippen molar-refractivity contribution in [2.45, 2.75) is 12.5 Å². The minimum atomic E-state index is -0.324. The van der Waals surface area contributed by atoms with Crippen LogP contribution in [-0.4, -0.2) is 109 Å². The zero-order chi connectivity index (χ0) is 23.0. The van der Waals surface area contributed by atoms with Crippen molar-refractivity contribution in [2.75, 3.05) is 78.1 Å². The summed E-state index contributed by atoms with van der Waals surface area (Å²) < 4.78 is 19.3. The number of carbonyl (C=O) groups excluding carboxylic acids is 1. The SMILES string of the molecule is COc1nsnc1N1CCN(CC(Cc2ccccc2)N(C)C(=O)ON2CCOCC2)CC1. The van der Waals surface area contributed by atoms with Gasteiger partial charge in [-0.15, -0.1) is 9.44 Å². The van der Waals surface area contributed by atoms with Crippen LogP contribution in [0, 0.1) is 0 Å². The lowest BCUT2D eigenvalue weighted by Crippen LogP contribution is -2.53. The zero-order valence-electron chi connectivity index (χ0n) is 19.3. The molecule has 3 heterocycles. The molecule has 2 aliphatic rings. The molecule has 4 rings (SSSR count). The molecule has 1 aromatic heterocycles. The molecule has 0 saturated carbocycles. The van der Waals surface area contributed by atoms with Gasteiger partial charge in [-0.05, 0) is 12.0 Å². The van der Waals surface area contributed by atoms with E-state index < -0.39 is 0 Å². The number of rotatable bonds is 8. The minimum absolute atomic E-state index is 0.0111. The normalized spacial score (nSPS) is 18.7. The summed E-state index contributed by atoms with van der Waals surface area (Å²) in [5.41, 5.74) is 1.20. The summed E-state index contributed by atoms with van der Waals surface area (Å²) >= 11 is 1.17. The molecule has 2 fully saturated rings. The van der Waals surface area contributed by atoms with Gasteiger partial charge in [-0.25, -0.2) is 4.79 Å². The smallest absolute Gasteiger partial charge is 0.428 e. The van der Waals surface area contributed by atoms with Crippen LogP contribution >= 0.6 is 11.7 Å². The molecule has 0 aliphatic carbocycles. The molecule has 0 bridgehead atoms. The van der Waals surface area contributed by atoms with Crippen LogP contribution in [0.3, 0.4) is 0 Å². The Bertz CT molecular complexity index is 871. The van der Waals surface area contributed by atoms with Crippen molar-refractivity contribution < 1.29 is 19.1 Å². The molecule has 1 aromatic carbocycles. The van der Waals surface area contributed by atoms with Crippen LogP contribution < -0.4 is 9.64 Å². The molecule has 0 spiro atoms. The first-order valence-corrected chi connectivity index (χ1v) is 12.0. The van der Waals surface area contributed by atoms with Gasteiger partial charge in [0.25, 0.3) is 5.88 Å². The van der Waals surface area contributed by atoms with Crippen molar-refractivity contribution in [3.63, 3.8) is 0 Å². The third-order valence-corrected chi connectivity index (χ3v) is 6.61. The monoisotopic (exact) mass is 476 g/mol. The molecule has 1 amide bonds. The summed E-state index contributed by atoms with van der Waals surface area (Å²) in [4.78, 5) is 24.9. The van der Waals surface area contributed by atoms with Crippen LogP contribution in [0.5, 0.6) is 5.88 Å². The van der Waals surface area contributed by atoms with Gasteiger partial charge in [0.1, 0.15) is 0 Å². The van der Waals surface area contributed by atoms with Gasteiger partial charge < -0.3 is 24.1 Å². The summed E-state index contributed by atoms with van der Waals surface area (Å²) in [6.07, 6.45) is 0.439. The Morgan fingerprint density at radius 1 is 1.12 bits per heavy atom. The number of ether oxygens (including phenoxy) is 2. The van der Waals surface area contributed by atoms with Gasteiger partial charge in [0.2, 0.25) is 5.82 Å². The third-order valence-electron chi connectivity index (χ3n) is 6.10. The van der Waals surface area contributed by atoms with E-state index in [0.29, 0.717) is 32.2 Å². The van der Waals surface area contributed by atoms with Crippen LogP contribution in [0.4, 0.5) is 10.6 Å². The predicted molar refractivity (Wildman–Crippen MR) is 126 cm³/mol.